The average Bonchev–Trinajstić information content (AvgIpc) is 3.52. The molecule has 0 atom stereocenters. The number of anilines is 1. The van der Waals surface area contributed by atoms with Crippen molar-refractivity contribution in [1.29, 1.82) is 0 Å². The number of esters is 1. The number of carbonyl (C=O) groups is 2. The molecule has 38 heavy (non-hydrogen) atoms. The van der Waals surface area contributed by atoms with Crippen molar-refractivity contribution in [3.63, 3.8) is 0 Å². The lowest BCUT2D eigenvalue weighted by Crippen LogP contribution is -2.40. The van der Waals surface area contributed by atoms with Crippen molar-refractivity contribution >= 4 is 38.2 Å². The molecule has 3 aromatic rings. The number of thiophene rings is 1. The zero-order chi connectivity index (χ0) is 26.9. The Morgan fingerprint density at radius 3 is 2.47 bits per heavy atom. The number of ether oxygens (including phenoxy) is 4. The summed E-state index contributed by atoms with van der Waals surface area (Å²) in [5.41, 5.74) is 1.98. The maximum absolute atomic E-state index is 13.2. The molecule has 1 N–H and O–H groups in total. The van der Waals surface area contributed by atoms with E-state index in [2.05, 4.69) is 5.32 Å². The first-order chi connectivity index (χ1) is 18.3. The van der Waals surface area contributed by atoms with Crippen LogP contribution in [0.15, 0.2) is 47.4 Å². The van der Waals surface area contributed by atoms with Crippen LogP contribution in [-0.2, 0) is 19.5 Å². The zero-order valence-electron chi connectivity index (χ0n) is 20.8. The van der Waals surface area contributed by atoms with Gasteiger partial charge in [-0.15, -0.1) is 11.3 Å². The van der Waals surface area contributed by atoms with E-state index in [0.717, 1.165) is 10.4 Å². The van der Waals surface area contributed by atoms with Crippen LogP contribution in [0.1, 0.15) is 33.2 Å². The molecule has 1 fully saturated rings. The largest absolute Gasteiger partial charge is 0.462 e. The Morgan fingerprint density at radius 2 is 1.76 bits per heavy atom. The minimum Gasteiger partial charge on any atom is -0.462 e. The van der Waals surface area contributed by atoms with Crippen LogP contribution < -0.4 is 14.8 Å². The summed E-state index contributed by atoms with van der Waals surface area (Å²) in [6.45, 7) is 5.08. The predicted molar refractivity (Wildman–Crippen MR) is 141 cm³/mol. The van der Waals surface area contributed by atoms with Gasteiger partial charge < -0.3 is 24.3 Å². The van der Waals surface area contributed by atoms with Gasteiger partial charge in [-0.2, -0.15) is 4.31 Å². The standard InChI is InChI=1S/C26H26N2O8S2/c1-3-34-26(30)22-16(2)23(18-6-9-20-21(14-18)36-15-35-20)37-25(22)27-24(29)17-4-7-19(8-5-17)38(31,32)28-10-12-33-13-11-28/h4-9,14H,3,10-13,15H2,1-2H3,(H,27,29). The van der Waals surface area contributed by atoms with Crippen LogP contribution in [0.25, 0.3) is 10.4 Å². The van der Waals surface area contributed by atoms with E-state index >= 15 is 0 Å². The molecule has 12 heteroatoms. The van der Waals surface area contributed by atoms with Crippen molar-refractivity contribution in [1.82, 2.24) is 4.31 Å². The van der Waals surface area contributed by atoms with Crippen LogP contribution in [0.3, 0.4) is 0 Å². The minimum absolute atomic E-state index is 0.0974. The fourth-order valence-corrected chi connectivity index (χ4v) is 6.85. The number of carbonyl (C=O) groups excluding carboxylic acids is 2. The number of sulfonamides is 1. The molecular formula is C26H26N2O8S2. The normalized spacial score (nSPS) is 15.3. The van der Waals surface area contributed by atoms with Gasteiger partial charge in [-0.1, -0.05) is 0 Å². The molecule has 0 spiro atoms. The second-order valence-corrected chi connectivity index (χ2v) is 11.5. The fourth-order valence-electron chi connectivity index (χ4n) is 4.25. The van der Waals surface area contributed by atoms with Crippen molar-refractivity contribution in [2.75, 3.05) is 45.0 Å². The smallest absolute Gasteiger partial charge is 0.341 e. The van der Waals surface area contributed by atoms with E-state index in [4.69, 9.17) is 18.9 Å². The first-order valence-corrected chi connectivity index (χ1v) is 14.2. The van der Waals surface area contributed by atoms with Gasteiger partial charge in [0.1, 0.15) is 5.00 Å². The highest BCUT2D eigenvalue weighted by Crippen LogP contribution is 2.43. The molecule has 10 nitrogen and oxygen atoms in total. The van der Waals surface area contributed by atoms with Crippen LogP contribution >= 0.6 is 11.3 Å². The highest BCUT2D eigenvalue weighted by molar-refractivity contribution is 7.89. The monoisotopic (exact) mass is 558 g/mol. The van der Waals surface area contributed by atoms with Crippen molar-refractivity contribution in [3.05, 3.63) is 59.2 Å². The molecule has 5 rings (SSSR count). The molecule has 200 valence electrons. The first kappa shape index (κ1) is 26.2. The quantitative estimate of drug-likeness (QED) is 0.434. The third-order valence-corrected chi connectivity index (χ3v) is 9.38. The molecule has 0 bridgehead atoms. The molecule has 2 aromatic carbocycles. The van der Waals surface area contributed by atoms with Crippen LogP contribution in [0.2, 0.25) is 0 Å². The van der Waals surface area contributed by atoms with Crippen molar-refractivity contribution in [3.8, 4) is 21.9 Å². The number of amides is 1. The number of morpholine rings is 1. The Bertz CT molecular complexity index is 1480. The van der Waals surface area contributed by atoms with Gasteiger partial charge in [-0.25, -0.2) is 13.2 Å². The fraction of sp³-hybridized carbons (Fsp3) is 0.308. The number of hydrogen-bond donors (Lipinski definition) is 1. The van der Waals surface area contributed by atoms with Crippen LogP contribution in [0, 0.1) is 6.92 Å². The molecule has 2 aliphatic heterocycles. The van der Waals surface area contributed by atoms with Crippen LogP contribution in [-0.4, -0.2) is 64.3 Å². The lowest BCUT2D eigenvalue weighted by molar-refractivity contribution is 0.0527. The lowest BCUT2D eigenvalue weighted by atomic mass is 10.1. The lowest BCUT2D eigenvalue weighted by Gasteiger charge is -2.26. The van der Waals surface area contributed by atoms with Gasteiger partial charge in [0.2, 0.25) is 16.8 Å². The van der Waals surface area contributed by atoms with E-state index in [0.29, 0.717) is 35.3 Å². The summed E-state index contributed by atoms with van der Waals surface area (Å²) in [7, 11) is -3.68. The van der Waals surface area contributed by atoms with Crippen LogP contribution in [0.4, 0.5) is 5.00 Å². The molecule has 1 saturated heterocycles. The number of benzene rings is 2. The van der Waals surface area contributed by atoms with Gasteiger partial charge in [0.25, 0.3) is 5.91 Å². The first-order valence-electron chi connectivity index (χ1n) is 12.0. The Balaban J connectivity index is 1.42. The summed E-state index contributed by atoms with van der Waals surface area (Å²) < 4.78 is 48.5. The molecular weight excluding hydrogens is 532 g/mol. The third-order valence-electron chi connectivity index (χ3n) is 6.21. The number of rotatable bonds is 7. The van der Waals surface area contributed by atoms with E-state index in [-0.39, 0.29) is 42.5 Å². The van der Waals surface area contributed by atoms with Gasteiger partial charge in [0.05, 0.1) is 30.3 Å². The van der Waals surface area contributed by atoms with Gasteiger partial charge >= 0.3 is 5.97 Å². The van der Waals surface area contributed by atoms with E-state index in [9.17, 15) is 18.0 Å². The second kappa shape index (κ2) is 10.7. The maximum atomic E-state index is 13.2. The summed E-state index contributed by atoms with van der Waals surface area (Å²) in [5.74, 6) is 0.215. The molecule has 1 amide bonds. The van der Waals surface area contributed by atoms with Crippen molar-refractivity contribution in [2.24, 2.45) is 0 Å². The summed E-state index contributed by atoms with van der Waals surface area (Å²) in [6, 6.07) is 11.2. The number of fused-ring (bicyclic) bond motifs is 1. The van der Waals surface area contributed by atoms with E-state index in [1.165, 1.54) is 39.9 Å². The van der Waals surface area contributed by atoms with Gasteiger partial charge in [-0.3, -0.25) is 4.79 Å². The molecule has 0 aliphatic carbocycles. The number of nitrogens with one attached hydrogen (secondary N) is 1. The Labute approximate surface area is 224 Å². The third kappa shape index (κ3) is 4.99. The van der Waals surface area contributed by atoms with Crippen molar-refractivity contribution in [2.45, 2.75) is 18.7 Å². The molecule has 1 aromatic heterocycles. The molecule has 2 aliphatic rings. The highest BCUT2D eigenvalue weighted by atomic mass is 32.2. The second-order valence-electron chi connectivity index (χ2n) is 8.54. The average molecular weight is 559 g/mol. The number of nitrogens with zero attached hydrogens (tertiary/aromatic N) is 1. The molecule has 0 unspecified atom stereocenters. The molecule has 3 heterocycles. The Morgan fingerprint density at radius 1 is 1.05 bits per heavy atom. The molecule has 0 radical (unpaired) electrons. The Hall–Kier alpha value is -3.45. The number of hydrogen-bond acceptors (Lipinski definition) is 9. The maximum Gasteiger partial charge on any atom is 0.341 e. The SMILES string of the molecule is CCOC(=O)c1c(NC(=O)c2ccc(S(=O)(=O)N3CCOCC3)cc2)sc(-c2ccc3c(c2)OCO3)c1C. The summed E-state index contributed by atoms with van der Waals surface area (Å²) in [5, 5.41) is 3.15. The Kier molecular flexibility index (Phi) is 7.39. The van der Waals surface area contributed by atoms with Gasteiger partial charge in [-0.05, 0) is 67.4 Å². The van der Waals surface area contributed by atoms with Gasteiger partial charge in [0, 0.05) is 23.5 Å². The topological polar surface area (TPSA) is 120 Å². The summed E-state index contributed by atoms with van der Waals surface area (Å²) >= 11 is 1.24. The predicted octanol–water partition coefficient (Wildman–Crippen LogP) is 3.90. The highest BCUT2D eigenvalue weighted by Gasteiger charge is 2.28. The van der Waals surface area contributed by atoms with E-state index < -0.39 is 21.9 Å². The zero-order valence-corrected chi connectivity index (χ0v) is 22.4. The van der Waals surface area contributed by atoms with E-state index in [1.54, 1.807) is 19.9 Å². The van der Waals surface area contributed by atoms with Gasteiger partial charge in [0.15, 0.2) is 11.5 Å². The van der Waals surface area contributed by atoms with Crippen LogP contribution in [0.5, 0.6) is 11.5 Å². The summed E-state index contributed by atoms with van der Waals surface area (Å²) in [4.78, 5) is 26.9. The van der Waals surface area contributed by atoms with Crippen molar-refractivity contribution < 1.29 is 37.0 Å². The van der Waals surface area contributed by atoms with E-state index in [1.807, 2.05) is 12.1 Å². The minimum atomic E-state index is -3.68. The summed E-state index contributed by atoms with van der Waals surface area (Å²) in [6.07, 6.45) is 0. The molecule has 0 saturated carbocycles.